The fourth-order valence-electron chi connectivity index (χ4n) is 3.01. The molecule has 1 saturated carbocycles. The largest absolute Gasteiger partial charge is 0.351 e. The smallest absolute Gasteiger partial charge is 0.280 e. The Balaban J connectivity index is 1.70. The quantitative estimate of drug-likeness (QED) is 0.932. The van der Waals surface area contributed by atoms with Crippen LogP contribution in [0, 0.1) is 6.92 Å². The second-order valence-corrected chi connectivity index (χ2v) is 6.33. The molecule has 2 aromatic heterocycles. The number of halogens is 2. The van der Waals surface area contributed by atoms with Gasteiger partial charge >= 0.3 is 0 Å². The molecule has 0 bridgehead atoms. The number of anilines is 1. The molecule has 0 spiro atoms. The number of nitrogens with zero attached hydrogens (tertiary/aromatic N) is 4. The fraction of sp³-hybridized carbons (Fsp3) is 0.500. The molecule has 1 fully saturated rings. The predicted molar refractivity (Wildman–Crippen MR) is 83.3 cm³/mol. The van der Waals surface area contributed by atoms with Crippen molar-refractivity contribution < 1.29 is 8.78 Å². The molecule has 1 N–H and O–H groups in total. The third-order valence-corrected chi connectivity index (χ3v) is 4.43. The molecule has 2 aliphatic rings. The Morgan fingerprint density at radius 1 is 1.29 bits per heavy atom. The van der Waals surface area contributed by atoms with Gasteiger partial charge in [-0.2, -0.15) is 0 Å². The van der Waals surface area contributed by atoms with Crippen LogP contribution in [0.1, 0.15) is 53.8 Å². The minimum absolute atomic E-state index is 0.173. The molecule has 2 aromatic rings. The van der Waals surface area contributed by atoms with Crippen LogP contribution >= 0.6 is 0 Å². The maximum Gasteiger partial charge on any atom is 0.280 e. The van der Waals surface area contributed by atoms with Gasteiger partial charge in [-0.05, 0) is 19.8 Å². The van der Waals surface area contributed by atoms with Gasteiger partial charge in [0.1, 0.15) is 23.2 Å². The molecule has 8 heteroatoms. The van der Waals surface area contributed by atoms with E-state index >= 15 is 0 Å². The van der Waals surface area contributed by atoms with Crippen molar-refractivity contribution in [1.82, 2.24) is 19.9 Å². The molecule has 0 atom stereocenters. The van der Waals surface area contributed by atoms with Gasteiger partial charge in [0.2, 0.25) is 0 Å². The summed E-state index contributed by atoms with van der Waals surface area (Å²) in [6, 6.07) is 1.33. The van der Waals surface area contributed by atoms with E-state index in [0.29, 0.717) is 42.5 Å². The molecule has 1 aliphatic carbocycles. The molecule has 0 unspecified atom stereocenters. The van der Waals surface area contributed by atoms with Gasteiger partial charge in [-0.3, -0.25) is 4.79 Å². The van der Waals surface area contributed by atoms with Gasteiger partial charge in [-0.25, -0.2) is 23.7 Å². The molecule has 0 aromatic carbocycles. The molecule has 24 heavy (non-hydrogen) atoms. The molecule has 1 aliphatic heterocycles. The second kappa shape index (κ2) is 5.61. The van der Waals surface area contributed by atoms with Crippen LogP contribution in [0.2, 0.25) is 0 Å². The first-order chi connectivity index (χ1) is 11.5. The first-order valence-corrected chi connectivity index (χ1v) is 8.02. The van der Waals surface area contributed by atoms with Crippen molar-refractivity contribution in [3.8, 4) is 0 Å². The first kappa shape index (κ1) is 15.2. The van der Waals surface area contributed by atoms with E-state index < -0.39 is 6.43 Å². The summed E-state index contributed by atoms with van der Waals surface area (Å²) in [4.78, 5) is 29.5. The maximum atomic E-state index is 13.2. The lowest BCUT2D eigenvalue weighted by atomic mass is 10.1. The summed E-state index contributed by atoms with van der Waals surface area (Å²) in [6.45, 7) is 2.66. The first-order valence-electron chi connectivity index (χ1n) is 8.02. The Hall–Kier alpha value is -2.38. The van der Waals surface area contributed by atoms with Crippen LogP contribution in [0.4, 0.5) is 14.6 Å². The number of aromatic amines is 1. The van der Waals surface area contributed by atoms with Crippen molar-refractivity contribution in [3.63, 3.8) is 0 Å². The lowest BCUT2D eigenvalue weighted by Crippen LogP contribution is -2.36. The molecule has 6 nitrogen and oxygen atoms in total. The number of aromatic nitrogens is 4. The number of nitrogens with one attached hydrogen (secondary N) is 1. The zero-order valence-electron chi connectivity index (χ0n) is 13.2. The standard InChI is InChI=1S/C16H17F2N5O/c1-8-19-11-4-5-23(7-10(11)16(24)20-8)13-6-12(14(17)18)21-15(22-13)9-2-3-9/h6,9,14H,2-5,7H2,1H3,(H,19,20,24). The average Bonchev–Trinajstić information content (AvgIpc) is 3.39. The summed E-state index contributed by atoms with van der Waals surface area (Å²) in [5, 5.41) is 0. The number of alkyl halides is 2. The van der Waals surface area contributed by atoms with Gasteiger partial charge in [-0.1, -0.05) is 0 Å². The van der Waals surface area contributed by atoms with E-state index in [2.05, 4.69) is 19.9 Å². The fourth-order valence-corrected chi connectivity index (χ4v) is 3.01. The Bertz CT molecular complexity index is 827. The van der Waals surface area contributed by atoms with Crippen LogP contribution in [0.25, 0.3) is 0 Å². The summed E-state index contributed by atoms with van der Waals surface area (Å²) in [5.41, 5.74) is 0.937. The Labute approximate surface area is 137 Å². The topological polar surface area (TPSA) is 74.8 Å². The van der Waals surface area contributed by atoms with Crippen molar-refractivity contribution in [2.45, 2.75) is 45.1 Å². The van der Waals surface area contributed by atoms with E-state index in [0.717, 1.165) is 18.5 Å². The lowest BCUT2D eigenvalue weighted by molar-refractivity contribution is 0.145. The van der Waals surface area contributed by atoms with Crippen molar-refractivity contribution in [3.05, 3.63) is 45.0 Å². The summed E-state index contributed by atoms with van der Waals surface area (Å²) >= 11 is 0. The zero-order valence-corrected chi connectivity index (χ0v) is 13.2. The van der Waals surface area contributed by atoms with E-state index in [1.165, 1.54) is 6.07 Å². The van der Waals surface area contributed by atoms with E-state index in [1.54, 1.807) is 6.92 Å². The minimum atomic E-state index is -2.63. The van der Waals surface area contributed by atoms with E-state index in [9.17, 15) is 13.6 Å². The van der Waals surface area contributed by atoms with Crippen LogP contribution < -0.4 is 10.5 Å². The van der Waals surface area contributed by atoms with E-state index in [1.807, 2.05) is 4.90 Å². The van der Waals surface area contributed by atoms with E-state index in [4.69, 9.17) is 0 Å². The van der Waals surface area contributed by atoms with Crippen molar-refractivity contribution in [2.24, 2.45) is 0 Å². The molecular formula is C16H17F2N5O. The SMILES string of the molecule is Cc1nc2c(c(=O)[nH]1)CN(c1cc(C(F)F)nc(C3CC3)n1)CC2. The van der Waals surface area contributed by atoms with Gasteiger partial charge in [0.25, 0.3) is 12.0 Å². The number of rotatable bonds is 3. The van der Waals surface area contributed by atoms with Crippen molar-refractivity contribution >= 4 is 5.82 Å². The minimum Gasteiger partial charge on any atom is -0.351 e. The highest BCUT2D eigenvalue weighted by Crippen LogP contribution is 2.39. The molecule has 0 saturated heterocycles. The third-order valence-electron chi connectivity index (χ3n) is 4.43. The number of aryl methyl sites for hydroxylation is 1. The number of hydrogen-bond donors (Lipinski definition) is 1. The number of hydrogen-bond acceptors (Lipinski definition) is 5. The monoisotopic (exact) mass is 333 g/mol. The molecule has 0 amide bonds. The second-order valence-electron chi connectivity index (χ2n) is 6.33. The molecule has 3 heterocycles. The van der Waals surface area contributed by atoms with Crippen LogP contribution in [0.3, 0.4) is 0 Å². The number of fused-ring (bicyclic) bond motifs is 1. The van der Waals surface area contributed by atoms with Gasteiger partial charge in [-0.15, -0.1) is 0 Å². The summed E-state index contributed by atoms with van der Waals surface area (Å²) < 4.78 is 26.3. The van der Waals surface area contributed by atoms with Gasteiger partial charge in [0.05, 0.1) is 17.8 Å². The highest BCUT2D eigenvalue weighted by Gasteiger charge is 2.30. The van der Waals surface area contributed by atoms with Gasteiger partial charge in [0.15, 0.2) is 0 Å². The molecule has 0 radical (unpaired) electrons. The lowest BCUT2D eigenvalue weighted by Gasteiger charge is -2.29. The average molecular weight is 333 g/mol. The van der Waals surface area contributed by atoms with Crippen LogP contribution in [0.5, 0.6) is 0 Å². The third kappa shape index (κ3) is 2.76. The number of H-pyrrole nitrogens is 1. The molecule has 4 rings (SSSR count). The van der Waals surface area contributed by atoms with Crippen molar-refractivity contribution in [2.75, 3.05) is 11.4 Å². The van der Waals surface area contributed by atoms with Crippen LogP contribution in [-0.4, -0.2) is 26.5 Å². The normalized spacial score (nSPS) is 17.2. The summed E-state index contributed by atoms with van der Waals surface area (Å²) in [6.07, 6.45) is -0.156. The Morgan fingerprint density at radius 3 is 2.79 bits per heavy atom. The maximum absolute atomic E-state index is 13.2. The Kier molecular flexibility index (Phi) is 3.54. The molecular weight excluding hydrogens is 316 g/mol. The zero-order chi connectivity index (χ0) is 16.8. The van der Waals surface area contributed by atoms with Crippen LogP contribution in [0.15, 0.2) is 10.9 Å². The highest BCUT2D eigenvalue weighted by molar-refractivity contribution is 5.44. The van der Waals surface area contributed by atoms with Crippen molar-refractivity contribution in [1.29, 1.82) is 0 Å². The van der Waals surface area contributed by atoms with Gasteiger partial charge < -0.3 is 9.88 Å². The summed E-state index contributed by atoms with van der Waals surface area (Å²) in [7, 11) is 0. The predicted octanol–water partition coefficient (Wildman–Crippen LogP) is 2.25. The summed E-state index contributed by atoms with van der Waals surface area (Å²) in [5.74, 6) is 1.73. The highest BCUT2D eigenvalue weighted by atomic mass is 19.3. The molecule has 126 valence electrons. The van der Waals surface area contributed by atoms with E-state index in [-0.39, 0.29) is 17.2 Å². The Morgan fingerprint density at radius 2 is 2.08 bits per heavy atom. The van der Waals surface area contributed by atoms with Crippen LogP contribution in [-0.2, 0) is 13.0 Å². The van der Waals surface area contributed by atoms with Gasteiger partial charge in [0, 0.05) is 24.9 Å².